The molecule has 1 aromatic heterocycles. The van der Waals surface area contributed by atoms with Crippen LogP contribution in [-0.2, 0) is 0 Å². The smallest absolute Gasteiger partial charge is 0.336 e. The second-order valence-electron chi connectivity index (χ2n) is 5.94. The van der Waals surface area contributed by atoms with Gasteiger partial charge in [-0.3, -0.25) is 0 Å². The third-order valence-corrected chi connectivity index (χ3v) is 4.71. The molecule has 0 aliphatic heterocycles. The van der Waals surface area contributed by atoms with Crippen molar-refractivity contribution in [3.63, 3.8) is 0 Å². The van der Waals surface area contributed by atoms with Crippen LogP contribution in [0.4, 0.5) is 0 Å². The van der Waals surface area contributed by atoms with E-state index in [2.05, 4.69) is 15.9 Å². The van der Waals surface area contributed by atoms with Gasteiger partial charge in [0.25, 0.3) is 0 Å². The number of hydrogen-bond acceptors (Lipinski definition) is 4. The van der Waals surface area contributed by atoms with Crippen LogP contribution in [0.1, 0.15) is 19.3 Å². The third kappa shape index (κ3) is 4.28. The predicted octanol–water partition coefficient (Wildman–Crippen LogP) is 5.41. The molecule has 0 aliphatic carbocycles. The largest absolute Gasteiger partial charge is 0.493 e. The summed E-state index contributed by atoms with van der Waals surface area (Å²) in [7, 11) is 1.58. The van der Waals surface area contributed by atoms with Crippen LogP contribution in [0.25, 0.3) is 22.1 Å². The molecular formula is C21H21BrO4. The molecule has 0 saturated heterocycles. The fraction of sp³-hybridized carbons (Fsp3) is 0.286. The number of unbranched alkanes of at least 4 members (excludes halogenated alkanes) is 2. The summed E-state index contributed by atoms with van der Waals surface area (Å²) in [5.74, 6) is 1.22. The Morgan fingerprint density at radius 2 is 1.81 bits per heavy atom. The monoisotopic (exact) mass is 416 g/mol. The summed E-state index contributed by atoms with van der Waals surface area (Å²) in [5, 5.41) is 1.83. The van der Waals surface area contributed by atoms with Crippen molar-refractivity contribution in [2.75, 3.05) is 19.0 Å². The molecule has 0 bridgehead atoms. The molecule has 3 aromatic rings. The summed E-state index contributed by atoms with van der Waals surface area (Å²) >= 11 is 3.44. The maximum absolute atomic E-state index is 12.0. The van der Waals surface area contributed by atoms with Crippen LogP contribution in [-0.4, -0.2) is 19.0 Å². The number of fused-ring (bicyclic) bond motifs is 1. The first-order chi connectivity index (χ1) is 12.7. The zero-order chi connectivity index (χ0) is 18.4. The Balaban J connectivity index is 2.00. The summed E-state index contributed by atoms with van der Waals surface area (Å²) < 4.78 is 16.7. The first-order valence-corrected chi connectivity index (χ1v) is 9.75. The van der Waals surface area contributed by atoms with Crippen LogP contribution in [0.2, 0.25) is 0 Å². The summed E-state index contributed by atoms with van der Waals surface area (Å²) in [5.41, 5.74) is 1.88. The van der Waals surface area contributed by atoms with Crippen molar-refractivity contribution in [2.24, 2.45) is 0 Å². The average molecular weight is 417 g/mol. The van der Waals surface area contributed by atoms with Gasteiger partial charge in [-0.15, -0.1) is 0 Å². The SMILES string of the molecule is COc1cc2oc(=O)cc(-c3ccccc3)c2cc1OCCCCCBr. The van der Waals surface area contributed by atoms with Gasteiger partial charge in [0.2, 0.25) is 0 Å². The summed E-state index contributed by atoms with van der Waals surface area (Å²) in [6.45, 7) is 0.617. The minimum absolute atomic E-state index is 0.387. The number of rotatable bonds is 8. The van der Waals surface area contributed by atoms with E-state index in [1.807, 2.05) is 36.4 Å². The highest BCUT2D eigenvalue weighted by Gasteiger charge is 2.13. The van der Waals surface area contributed by atoms with Crippen molar-refractivity contribution < 1.29 is 13.9 Å². The van der Waals surface area contributed by atoms with Crippen LogP contribution in [0.15, 0.2) is 57.7 Å². The Kier molecular flexibility index (Phi) is 6.34. The van der Waals surface area contributed by atoms with E-state index in [1.54, 1.807) is 13.2 Å². The Morgan fingerprint density at radius 3 is 2.54 bits per heavy atom. The van der Waals surface area contributed by atoms with Gasteiger partial charge in [-0.05, 0) is 36.5 Å². The molecule has 5 heteroatoms. The van der Waals surface area contributed by atoms with Crippen LogP contribution in [0, 0.1) is 0 Å². The van der Waals surface area contributed by atoms with Crippen LogP contribution in [0.3, 0.4) is 0 Å². The van der Waals surface area contributed by atoms with Crippen molar-refractivity contribution in [3.8, 4) is 22.6 Å². The normalized spacial score (nSPS) is 10.8. The van der Waals surface area contributed by atoms with E-state index < -0.39 is 0 Å². The van der Waals surface area contributed by atoms with Gasteiger partial charge in [0, 0.05) is 22.8 Å². The number of methoxy groups -OCH3 is 1. The second-order valence-corrected chi connectivity index (χ2v) is 6.74. The number of halogens is 1. The zero-order valence-electron chi connectivity index (χ0n) is 14.7. The molecule has 26 heavy (non-hydrogen) atoms. The summed E-state index contributed by atoms with van der Waals surface area (Å²) in [4.78, 5) is 12.0. The minimum atomic E-state index is -0.387. The third-order valence-electron chi connectivity index (χ3n) is 4.15. The van der Waals surface area contributed by atoms with E-state index >= 15 is 0 Å². The standard InChI is InChI=1S/C21H21BrO4/c1-24-19-14-18-17(12-20(19)25-11-7-3-6-10-22)16(13-21(23)26-18)15-8-4-2-5-9-15/h2,4-5,8-9,12-14H,3,6-7,10-11H2,1H3. The summed E-state index contributed by atoms with van der Waals surface area (Å²) in [6, 6.07) is 14.9. The maximum atomic E-state index is 12.0. The van der Waals surface area contributed by atoms with Crippen molar-refractivity contribution in [1.29, 1.82) is 0 Å². The molecule has 3 rings (SSSR count). The van der Waals surface area contributed by atoms with Crippen molar-refractivity contribution in [1.82, 2.24) is 0 Å². The zero-order valence-corrected chi connectivity index (χ0v) is 16.3. The van der Waals surface area contributed by atoms with E-state index in [1.165, 1.54) is 6.07 Å². The average Bonchev–Trinajstić information content (AvgIpc) is 2.67. The topological polar surface area (TPSA) is 48.7 Å². The molecule has 0 unspecified atom stereocenters. The highest BCUT2D eigenvalue weighted by molar-refractivity contribution is 9.09. The van der Waals surface area contributed by atoms with Crippen molar-refractivity contribution in [2.45, 2.75) is 19.3 Å². The molecule has 0 amide bonds. The lowest BCUT2D eigenvalue weighted by Gasteiger charge is -2.13. The van der Waals surface area contributed by atoms with Gasteiger partial charge in [-0.2, -0.15) is 0 Å². The Hall–Kier alpha value is -2.27. The number of hydrogen-bond donors (Lipinski definition) is 0. The number of alkyl halides is 1. The lowest BCUT2D eigenvalue weighted by atomic mass is 10.0. The number of ether oxygens (including phenoxy) is 2. The van der Waals surface area contributed by atoms with Gasteiger partial charge < -0.3 is 13.9 Å². The fourth-order valence-electron chi connectivity index (χ4n) is 2.85. The van der Waals surface area contributed by atoms with Crippen LogP contribution >= 0.6 is 15.9 Å². The van der Waals surface area contributed by atoms with Crippen LogP contribution < -0.4 is 15.1 Å². The van der Waals surface area contributed by atoms with Gasteiger partial charge in [0.05, 0.1) is 13.7 Å². The van der Waals surface area contributed by atoms with E-state index in [9.17, 15) is 4.79 Å². The molecule has 0 aliphatic rings. The maximum Gasteiger partial charge on any atom is 0.336 e. The molecular weight excluding hydrogens is 396 g/mol. The van der Waals surface area contributed by atoms with Gasteiger partial charge >= 0.3 is 5.63 Å². The first-order valence-electron chi connectivity index (χ1n) is 8.63. The molecule has 2 aromatic carbocycles. The highest BCUT2D eigenvalue weighted by atomic mass is 79.9. The Labute approximate surface area is 160 Å². The first kappa shape index (κ1) is 18.5. The molecule has 0 saturated carbocycles. The lowest BCUT2D eigenvalue weighted by Crippen LogP contribution is -2.02. The predicted molar refractivity (Wildman–Crippen MR) is 108 cm³/mol. The fourth-order valence-corrected chi connectivity index (χ4v) is 3.25. The van der Waals surface area contributed by atoms with Crippen LogP contribution in [0.5, 0.6) is 11.5 Å². The van der Waals surface area contributed by atoms with Gasteiger partial charge in [-0.1, -0.05) is 46.3 Å². The highest BCUT2D eigenvalue weighted by Crippen LogP contribution is 2.36. The number of benzene rings is 2. The lowest BCUT2D eigenvalue weighted by molar-refractivity contribution is 0.286. The van der Waals surface area contributed by atoms with E-state index in [-0.39, 0.29) is 5.63 Å². The molecule has 0 atom stereocenters. The Bertz CT molecular complexity index is 918. The minimum Gasteiger partial charge on any atom is -0.493 e. The van der Waals surface area contributed by atoms with E-state index in [0.29, 0.717) is 23.7 Å². The van der Waals surface area contributed by atoms with Gasteiger partial charge in [-0.25, -0.2) is 4.79 Å². The quantitative estimate of drug-likeness (QED) is 0.279. The van der Waals surface area contributed by atoms with E-state index in [0.717, 1.165) is 41.1 Å². The Morgan fingerprint density at radius 1 is 1.00 bits per heavy atom. The second kappa shape index (κ2) is 8.90. The molecule has 136 valence electrons. The van der Waals surface area contributed by atoms with E-state index in [4.69, 9.17) is 13.9 Å². The molecule has 0 fully saturated rings. The molecule has 0 radical (unpaired) electrons. The summed E-state index contributed by atoms with van der Waals surface area (Å²) in [6.07, 6.45) is 3.20. The molecule has 4 nitrogen and oxygen atoms in total. The van der Waals surface area contributed by atoms with Crippen molar-refractivity contribution >= 4 is 26.9 Å². The van der Waals surface area contributed by atoms with Crippen molar-refractivity contribution in [3.05, 3.63) is 59.0 Å². The van der Waals surface area contributed by atoms with Gasteiger partial charge in [0.15, 0.2) is 11.5 Å². The van der Waals surface area contributed by atoms with Gasteiger partial charge in [0.1, 0.15) is 5.58 Å². The molecule has 1 heterocycles. The molecule has 0 N–H and O–H groups in total. The molecule has 0 spiro atoms.